The van der Waals surface area contributed by atoms with E-state index >= 15 is 4.39 Å². The van der Waals surface area contributed by atoms with Crippen LogP contribution in [0.5, 0.6) is 6.01 Å². The minimum Gasteiger partial charge on any atom is -0.461 e. The van der Waals surface area contributed by atoms with Gasteiger partial charge >= 0.3 is 6.01 Å². The van der Waals surface area contributed by atoms with Gasteiger partial charge in [-0.05, 0) is 44.7 Å². The first-order chi connectivity index (χ1) is 18.6. The Hall–Kier alpha value is -3.14. The van der Waals surface area contributed by atoms with Crippen LogP contribution in [0.1, 0.15) is 33.1 Å². The van der Waals surface area contributed by atoms with Crippen molar-refractivity contribution in [3.8, 4) is 17.3 Å². The number of alkyl halides is 1. The molecule has 2 N–H and O–H groups in total. The van der Waals surface area contributed by atoms with Crippen LogP contribution in [-0.2, 0) is 0 Å². The second kappa shape index (κ2) is 9.80. The lowest BCUT2D eigenvalue weighted by Gasteiger charge is -2.30. The van der Waals surface area contributed by atoms with Crippen molar-refractivity contribution in [2.24, 2.45) is 0 Å². The number of nitrogens with zero attached hydrogens (tertiary/aromatic N) is 4. The van der Waals surface area contributed by atoms with Gasteiger partial charge in [-0.2, -0.15) is 9.97 Å². The predicted molar refractivity (Wildman–Crippen MR) is 149 cm³/mol. The SMILES string of the molecule is CC(C)(O)CNc1nc(OCC23CCCN2C[C@H](F)C3)nc2c(F)c(-c3cccc4cccc(Cl)c34)ncc12. The molecule has 2 aromatic carbocycles. The van der Waals surface area contributed by atoms with Crippen molar-refractivity contribution in [1.29, 1.82) is 0 Å². The first-order valence-corrected chi connectivity index (χ1v) is 13.5. The molecular weight excluding hydrogens is 524 g/mol. The highest BCUT2D eigenvalue weighted by Gasteiger charge is 2.49. The number of anilines is 1. The quantitative estimate of drug-likeness (QED) is 0.300. The van der Waals surface area contributed by atoms with E-state index in [0.29, 0.717) is 40.1 Å². The molecule has 4 heterocycles. The van der Waals surface area contributed by atoms with E-state index in [1.807, 2.05) is 24.3 Å². The minimum absolute atomic E-state index is 0.0173. The van der Waals surface area contributed by atoms with Crippen molar-refractivity contribution < 1.29 is 18.6 Å². The van der Waals surface area contributed by atoms with Crippen LogP contribution in [0, 0.1) is 5.82 Å². The molecule has 204 valence electrons. The lowest BCUT2D eigenvalue weighted by molar-refractivity contribution is 0.0943. The molecule has 2 aromatic heterocycles. The van der Waals surface area contributed by atoms with Crippen LogP contribution >= 0.6 is 11.6 Å². The Labute approximate surface area is 230 Å². The normalized spacial score (nSPS) is 21.5. The molecule has 1 unspecified atom stereocenters. The molecule has 0 spiro atoms. The van der Waals surface area contributed by atoms with E-state index in [0.717, 1.165) is 24.8 Å². The highest BCUT2D eigenvalue weighted by atomic mass is 35.5. The number of rotatable bonds is 7. The zero-order chi connectivity index (χ0) is 27.4. The summed E-state index contributed by atoms with van der Waals surface area (Å²) in [5.41, 5.74) is -0.767. The number of hydrogen-bond acceptors (Lipinski definition) is 7. The van der Waals surface area contributed by atoms with Gasteiger partial charge in [-0.15, -0.1) is 0 Å². The summed E-state index contributed by atoms with van der Waals surface area (Å²) in [5.74, 6) is -0.342. The van der Waals surface area contributed by atoms with E-state index < -0.39 is 23.1 Å². The van der Waals surface area contributed by atoms with Gasteiger partial charge in [-0.1, -0.05) is 41.9 Å². The third kappa shape index (κ3) is 4.88. The Kier molecular flexibility index (Phi) is 6.56. The summed E-state index contributed by atoms with van der Waals surface area (Å²) in [6, 6.07) is 11.0. The number of benzene rings is 2. The largest absolute Gasteiger partial charge is 0.461 e. The van der Waals surface area contributed by atoms with Crippen LogP contribution in [0.15, 0.2) is 42.6 Å². The van der Waals surface area contributed by atoms with Crippen molar-refractivity contribution in [2.75, 3.05) is 31.6 Å². The average molecular weight is 554 g/mol. The molecule has 2 saturated heterocycles. The zero-order valence-electron chi connectivity index (χ0n) is 21.8. The number of aliphatic hydroxyl groups is 1. The summed E-state index contributed by atoms with van der Waals surface area (Å²) in [6.45, 7) is 4.91. The van der Waals surface area contributed by atoms with Crippen LogP contribution < -0.4 is 10.1 Å². The summed E-state index contributed by atoms with van der Waals surface area (Å²) in [5, 5.41) is 15.8. The predicted octanol–water partition coefficient (Wildman–Crippen LogP) is 5.78. The average Bonchev–Trinajstić information content (AvgIpc) is 3.42. The van der Waals surface area contributed by atoms with Crippen LogP contribution in [-0.4, -0.2) is 68.5 Å². The van der Waals surface area contributed by atoms with E-state index in [1.165, 1.54) is 6.20 Å². The maximum absolute atomic E-state index is 16.3. The molecule has 2 fully saturated rings. The molecule has 6 rings (SSSR count). The van der Waals surface area contributed by atoms with Crippen molar-refractivity contribution in [3.05, 3.63) is 53.4 Å². The van der Waals surface area contributed by atoms with Crippen LogP contribution in [0.4, 0.5) is 14.6 Å². The summed E-state index contributed by atoms with van der Waals surface area (Å²) in [7, 11) is 0. The molecule has 2 aliphatic heterocycles. The monoisotopic (exact) mass is 553 g/mol. The van der Waals surface area contributed by atoms with E-state index in [1.54, 1.807) is 26.0 Å². The first kappa shape index (κ1) is 26.1. The Morgan fingerprint density at radius 2 is 2.03 bits per heavy atom. The van der Waals surface area contributed by atoms with Gasteiger partial charge in [0.2, 0.25) is 0 Å². The second-order valence-electron chi connectivity index (χ2n) is 11.2. The Bertz CT molecular complexity index is 1560. The lowest BCUT2D eigenvalue weighted by Crippen LogP contribution is -2.43. The first-order valence-electron chi connectivity index (χ1n) is 13.2. The summed E-state index contributed by atoms with van der Waals surface area (Å²) in [6.07, 6.45) is 2.82. The smallest absolute Gasteiger partial charge is 0.319 e. The maximum atomic E-state index is 16.3. The van der Waals surface area contributed by atoms with Crippen molar-refractivity contribution in [2.45, 2.75) is 50.4 Å². The Morgan fingerprint density at radius 3 is 2.82 bits per heavy atom. The number of nitrogens with one attached hydrogen (secondary N) is 1. The number of pyridine rings is 1. The van der Waals surface area contributed by atoms with Gasteiger partial charge in [0.1, 0.15) is 29.8 Å². The number of halogens is 3. The van der Waals surface area contributed by atoms with Gasteiger partial charge in [0.05, 0.1) is 16.5 Å². The Morgan fingerprint density at radius 1 is 1.23 bits per heavy atom. The third-order valence-electron chi connectivity index (χ3n) is 7.69. The number of ether oxygens (including phenoxy) is 1. The number of fused-ring (bicyclic) bond motifs is 3. The molecule has 2 aliphatic rings. The third-order valence-corrected chi connectivity index (χ3v) is 8.01. The van der Waals surface area contributed by atoms with Crippen LogP contribution in [0.2, 0.25) is 5.02 Å². The summed E-state index contributed by atoms with van der Waals surface area (Å²) < 4.78 is 36.6. The van der Waals surface area contributed by atoms with Crippen LogP contribution in [0.25, 0.3) is 32.9 Å². The highest BCUT2D eigenvalue weighted by Crippen LogP contribution is 2.41. The molecule has 0 radical (unpaired) electrons. The molecule has 0 amide bonds. The van der Waals surface area contributed by atoms with Crippen molar-refractivity contribution >= 4 is 39.1 Å². The molecule has 7 nitrogen and oxygen atoms in total. The maximum Gasteiger partial charge on any atom is 0.319 e. The van der Waals surface area contributed by atoms with E-state index in [-0.39, 0.29) is 30.4 Å². The molecule has 39 heavy (non-hydrogen) atoms. The van der Waals surface area contributed by atoms with Gasteiger partial charge in [0.15, 0.2) is 5.82 Å². The van der Waals surface area contributed by atoms with Gasteiger partial charge in [-0.25, -0.2) is 8.78 Å². The molecule has 0 saturated carbocycles. The number of aromatic nitrogens is 3. The van der Waals surface area contributed by atoms with Gasteiger partial charge in [0, 0.05) is 41.7 Å². The number of hydrogen-bond donors (Lipinski definition) is 2. The molecule has 0 aliphatic carbocycles. The fourth-order valence-corrected chi connectivity index (χ4v) is 6.15. The molecule has 4 aromatic rings. The molecule has 10 heteroatoms. The van der Waals surface area contributed by atoms with E-state index in [9.17, 15) is 9.50 Å². The highest BCUT2D eigenvalue weighted by molar-refractivity contribution is 6.36. The van der Waals surface area contributed by atoms with E-state index in [2.05, 4.69) is 25.2 Å². The van der Waals surface area contributed by atoms with Gasteiger partial charge in [-0.3, -0.25) is 9.88 Å². The molecule has 0 bridgehead atoms. The fraction of sp³-hybridized carbons (Fsp3) is 0.414. The fourth-order valence-electron chi connectivity index (χ4n) is 5.86. The van der Waals surface area contributed by atoms with Gasteiger partial charge in [0.25, 0.3) is 0 Å². The Balaban J connectivity index is 1.44. The van der Waals surface area contributed by atoms with E-state index in [4.69, 9.17) is 16.3 Å². The second-order valence-corrected chi connectivity index (χ2v) is 11.6. The zero-order valence-corrected chi connectivity index (χ0v) is 22.6. The topological polar surface area (TPSA) is 83.4 Å². The van der Waals surface area contributed by atoms with Gasteiger partial charge < -0.3 is 15.2 Å². The van der Waals surface area contributed by atoms with Crippen LogP contribution in [0.3, 0.4) is 0 Å². The standard InChI is InChI=1S/C29H30ClF2N5O2/c1-28(2,38)15-34-26-20-13-33-24(19-8-3-6-17-7-4-9-21(30)22(17)19)23(32)25(20)35-27(36-26)39-16-29-10-5-11-37(29)14-18(31)12-29/h3-4,6-9,13,18,38H,5,10-12,14-16H2,1-2H3,(H,34,35,36)/t18-,29?/m1/s1. The minimum atomic E-state index is -1.05. The summed E-state index contributed by atoms with van der Waals surface area (Å²) in [4.78, 5) is 15.6. The lowest BCUT2D eigenvalue weighted by atomic mass is 9.95. The van der Waals surface area contributed by atoms with Crippen molar-refractivity contribution in [3.63, 3.8) is 0 Å². The molecular formula is C29H30ClF2N5O2. The van der Waals surface area contributed by atoms with Crippen molar-refractivity contribution in [1.82, 2.24) is 19.9 Å². The summed E-state index contributed by atoms with van der Waals surface area (Å²) >= 11 is 6.51. The molecule has 2 atom stereocenters.